The number of carbonyl (C=O) groups is 3. The van der Waals surface area contributed by atoms with E-state index < -0.39 is 17.5 Å². The molecule has 29 heavy (non-hydrogen) atoms. The number of hydrogen-bond donors (Lipinski definition) is 2. The Morgan fingerprint density at radius 1 is 1.17 bits per heavy atom. The number of amides is 4. The standard InChI is InChI=1S/C21H19Cl2N3O3/c22-15-6-5-14(17(23)11-15)8-10-24-18(27)12-26-19(28)21(25-20(26)29)9-7-13-3-1-2-4-16(13)21/h1-6,11H,7-10,12H2,(H,24,27)(H,25,29). The monoisotopic (exact) mass is 431 g/mol. The van der Waals surface area contributed by atoms with Crippen molar-refractivity contribution in [1.82, 2.24) is 15.5 Å². The molecule has 1 saturated heterocycles. The number of fused-ring (bicyclic) bond motifs is 2. The van der Waals surface area contributed by atoms with Gasteiger partial charge in [0, 0.05) is 16.6 Å². The lowest BCUT2D eigenvalue weighted by molar-refractivity contribution is -0.135. The lowest BCUT2D eigenvalue weighted by Crippen LogP contribution is -2.44. The van der Waals surface area contributed by atoms with E-state index in [0.29, 0.717) is 35.9 Å². The average Bonchev–Trinajstić information content (AvgIpc) is 3.17. The van der Waals surface area contributed by atoms with Crippen LogP contribution in [0.5, 0.6) is 0 Å². The molecule has 0 saturated carbocycles. The van der Waals surface area contributed by atoms with Gasteiger partial charge in [0.25, 0.3) is 5.91 Å². The number of aryl methyl sites for hydroxylation is 1. The van der Waals surface area contributed by atoms with Crippen LogP contribution in [-0.4, -0.2) is 35.8 Å². The maximum atomic E-state index is 13.0. The summed E-state index contributed by atoms with van der Waals surface area (Å²) in [6, 6.07) is 12.2. The summed E-state index contributed by atoms with van der Waals surface area (Å²) >= 11 is 12.0. The fourth-order valence-electron chi connectivity index (χ4n) is 3.99. The number of nitrogens with zero attached hydrogens (tertiary/aromatic N) is 1. The fraction of sp³-hybridized carbons (Fsp3) is 0.286. The van der Waals surface area contributed by atoms with E-state index in [4.69, 9.17) is 23.2 Å². The Bertz CT molecular complexity index is 1010. The van der Waals surface area contributed by atoms with Crippen molar-refractivity contribution in [2.24, 2.45) is 0 Å². The number of rotatable bonds is 5. The van der Waals surface area contributed by atoms with Gasteiger partial charge in [0.15, 0.2) is 0 Å². The highest BCUT2D eigenvalue weighted by Crippen LogP contribution is 2.41. The lowest BCUT2D eigenvalue weighted by atomic mass is 9.92. The number of carbonyl (C=O) groups excluding carboxylic acids is 3. The molecule has 4 amide bonds. The molecule has 1 atom stereocenters. The second-order valence-corrected chi connectivity index (χ2v) is 8.06. The van der Waals surface area contributed by atoms with Crippen molar-refractivity contribution < 1.29 is 14.4 Å². The summed E-state index contributed by atoms with van der Waals surface area (Å²) in [5, 5.41) is 6.62. The largest absolute Gasteiger partial charge is 0.354 e. The predicted molar refractivity (Wildman–Crippen MR) is 110 cm³/mol. The third kappa shape index (κ3) is 3.58. The Morgan fingerprint density at radius 2 is 1.97 bits per heavy atom. The number of halogens is 2. The molecule has 150 valence electrons. The number of nitrogens with one attached hydrogen (secondary N) is 2. The molecule has 1 unspecified atom stereocenters. The van der Waals surface area contributed by atoms with Gasteiger partial charge in [-0.2, -0.15) is 0 Å². The molecule has 2 N–H and O–H groups in total. The van der Waals surface area contributed by atoms with Gasteiger partial charge < -0.3 is 10.6 Å². The Morgan fingerprint density at radius 3 is 2.76 bits per heavy atom. The van der Waals surface area contributed by atoms with E-state index in [9.17, 15) is 14.4 Å². The fourth-order valence-corrected chi connectivity index (χ4v) is 4.50. The minimum atomic E-state index is -1.05. The third-order valence-electron chi connectivity index (χ3n) is 5.46. The van der Waals surface area contributed by atoms with Crippen LogP contribution in [0.25, 0.3) is 0 Å². The summed E-state index contributed by atoms with van der Waals surface area (Å²) in [6.45, 7) is 0.0146. The van der Waals surface area contributed by atoms with Gasteiger partial charge in [0.1, 0.15) is 12.1 Å². The van der Waals surface area contributed by atoms with E-state index in [1.54, 1.807) is 18.2 Å². The lowest BCUT2D eigenvalue weighted by Gasteiger charge is -2.22. The van der Waals surface area contributed by atoms with Crippen molar-refractivity contribution in [2.45, 2.75) is 24.8 Å². The second kappa shape index (κ2) is 7.69. The Hall–Kier alpha value is -2.57. The van der Waals surface area contributed by atoms with Crippen LogP contribution < -0.4 is 10.6 Å². The molecule has 0 radical (unpaired) electrons. The van der Waals surface area contributed by atoms with Gasteiger partial charge >= 0.3 is 6.03 Å². The van der Waals surface area contributed by atoms with Crippen molar-refractivity contribution >= 4 is 41.0 Å². The van der Waals surface area contributed by atoms with Crippen molar-refractivity contribution in [1.29, 1.82) is 0 Å². The summed E-state index contributed by atoms with van der Waals surface area (Å²) in [4.78, 5) is 38.8. The topological polar surface area (TPSA) is 78.5 Å². The van der Waals surface area contributed by atoms with Gasteiger partial charge in [-0.05, 0) is 48.1 Å². The van der Waals surface area contributed by atoms with E-state index in [2.05, 4.69) is 10.6 Å². The van der Waals surface area contributed by atoms with Crippen LogP contribution in [0.15, 0.2) is 42.5 Å². The van der Waals surface area contributed by atoms with Gasteiger partial charge in [0.05, 0.1) is 0 Å². The highest BCUT2D eigenvalue weighted by Gasteiger charge is 2.55. The summed E-state index contributed by atoms with van der Waals surface area (Å²) in [6.07, 6.45) is 1.73. The van der Waals surface area contributed by atoms with E-state index in [1.165, 1.54) is 0 Å². The SMILES string of the molecule is O=C(CN1C(=O)NC2(CCc3ccccc32)C1=O)NCCc1ccc(Cl)cc1Cl. The van der Waals surface area contributed by atoms with Crippen LogP contribution in [0.1, 0.15) is 23.1 Å². The highest BCUT2D eigenvalue weighted by atomic mass is 35.5. The van der Waals surface area contributed by atoms with Crippen LogP contribution in [-0.2, 0) is 28.0 Å². The van der Waals surface area contributed by atoms with Crippen molar-refractivity contribution in [3.63, 3.8) is 0 Å². The second-order valence-electron chi connectivity index (χ2n) is 7.22. The molecule has 1 spiro atoms. The van der Waals surface area contributed by atoms with Crippen LogP contribution in [0, 0.1) is 0 Å². The zero-order chi connectivity index (χ0) is 20.6. The molecule has 6 nitrogen and oxygen atoms in total. The molecule has 2 aromatic rings. The van der Waals surface area contributed by atoms with Gasteiger partial charge in [-0.25, -0.2) is 4.79 Å². The quantitative estimate of drug-likeness (QED) is 0.713. The summed E-state index contributed by atoms with van der Waals surface area (Å²) in [5.74, 6) is -0.773. The molecule has 1 aliphatic heterocycles. The zero-order valence-corrected chi connectivity index (χ0v) is 17.0. The first-order valence-electron chi connectivity index (χ1n) is 9.34. The van der Waals surface area contributed by atoms with Crippen molar-refractivity contribution in [3.05, 3.63) is 69.2 Å². The van der Waals surface area contributed by atoms with Gasteiger partial charge in [-0.15, -0.1) is 0 Å². The Kier molecular flexibility index (Phi) is 5.23. The van der Waals surface area contributed by atoms with Crippen molar-refractivity contribution in [2.75, 3.05) is 13.1 Å². The molecule has 0 aromatic heterocycles. The Balaban J connectivity index is 1.38. The average molecular weight is 432 g/mol. The van der Waals surface area contributed by atoms with Crippen molar-refractivity contribution in [3.8, 4) is 0 Å². The molecule has 2 aromatic carbocycles. The van der Waals surface area contributed by atoms with E-state index in [-0.39, 0.29) is 12.5 Å². The summed E-state index contributed by atoms with van der Waals surface area (Å²) < 4.78 is 0. The third-order valence-corrected chi connectivity index (χ3v) is 6.04. The molecular formula is C21H19Cl2N3O3. The molecule has 1 heterocycles. The number of benzene rings is 2. The molecule has 0 bridgehead atoms. The Labute approximate surface area is 178 Å². The minimum Gasteiger partial charge on any atom is -0.354 e. The molecule has 1 fully saturated rings. The highest BCUT2D eigenvalue weighted by molar-refractivity contribution is 6.35. The van der Waals surface area contributed by atoms with Crippen LogP contribution in [0.3, 0.4) is 0 Å². The minimum absolute atomic E-state index is 0.317. The molecular weight excluding hydrogens is 413 g/mol. The van der Waals surface area contributed by atoms with Crippen LogP contribution in [0.4, 0.5) is 4.79 Å². The van der Waals surface area contributed by atoms with E-state index >= 15 is 0 Å². The van der Waals surface area contributed by atoms with Gasteiger partial charge in [0.2, 0.25) is 5.91 Å². The maximum Gasteiger partial charge on any atom is 0.325 e. The summed E-state index contributed by atoms with van der Waals surface area (Å²) in [5.41, 5.74) is 1.67. The maximum absolute atomic E-state index is 13.0. The van der Waals surface area contributed by atoms with E-state index in [1.807, 2.05) is 24.3 Å². The smallest absolute Gasteiger partial charge is 0.325 e. The molecule has 2 aliphatic rings. The van der Waals surface area contributed by atoms with Crippen LogP contribution in [0.2, 0.25) is 10.0 Å². The van der Waals surface area contributed by atoms with Gasteiger partial charge in [-0.3, -0.25) is 14.5 Å². The molecule has 4 rings (SSSR count). The van der Waals surface area contributed by atoms with E-state index in [0.717, 1.165) is 21.6 Å². The van der Waals surface area contributed by atoms with Crippen LogP contribution >= 0.6 is 23.2 Å². The number of hydrogen-bond acceptors (Lipinski definition) is 3. The number of urea groups is 1. The normalized spacial score (nSPS) is 20.1. The van der Waals surface area contributed by atoms with Gasteiger partial charge in [-0.1, -0.05) is 53.5 Å². The first-order chi connectivity index (χ1) is 13.9. The summed E-state index contributed by atoms with van der Waals surface area (Å²) in [7, 11) is 0. The molecule has 1 aliphatic carbocycles. The molecule has 8 heteroatoms. The predicted octanol–water partition coefficient (Wildman–Crippen LogP) is 3.05. The first-order valence-corrected chi connectivity index (χ1v) is 10.1. The number of imide groups is 1. The first kappa shape index (κ1) is 19.7. The zero-order valence-electron chi connectivity index (χ0n) is 15.5.